The minimum Gasteiger partial charge on any atom is -0.467 e. The Bertz CT molecular complexity index is 874. The van der Waals surface area contributed by atoms with E-state index in [4.69, 9.17) is 9.15 Å². The van der Waals surface area contributed by atoms with Gasteiger partial charge < -0.3 is 19.4 Å². The molecule has 138 valence electrons. The monoisotopic (exact) mass is 364 g/mol. The number of para-hydroxylation sites is 1. The second-order valence-corrected chi connectivity index (χ2v) is 5.87. The van der Waals surface area contributed by atoms with Gasteiger partial charge in [-0.25, -0.2) is 0 Å². The van der Waals surface area contributed by atoms with Gasteiger partial charge in [-0.15, -0.1) is 0 Å². The van der Waals surface area contributed by atoms with Crippen LogP contribution in [-0.4, -0.2) is 18.4 Å². The molecular formula is C21H20N2O4. The Kier molecular flexibility index (Phi) is 5.89. The third-order valence-electron chi connectivity index (χ3n) is 3.85. The van der Waals surface area contributed by atoms with Gasteiger partial charge >= 0.3 is 0 Å². The van der Waals surface area contributed by atoms with Gasteiger partial charge in [0.15, 0.2) is 0 Å². The zero-order valence-electron chi connectivity index (χ0n) is 14.9. The molecule has 3 rings (SSSR count). The van der Waals surface area contributed by atoms with Crippen molar-refractivity contribution < 1.29 is 18.7 Å². The average Bonchev–Trinajstić information content (AvgIpc) is 3.19. The van der Waals surface area contributed by atoms with Crippen molar-refractivity contribution in [3.63, 3.8) is 0 Å². The van der Waals surface area contributed by atoms with Gasteiger partial charge in [-0.1, -0.05) is 18.2 Å². The van der Waals surface area contributed by atoms with Gasteiger partial charge in [0.2, 0.25) is 11.8 Å². The molecule has 0 atom stereocenters. The number of benzene rings is 2. The number of furan rings is 1. The number of hydrogen-bond acceptors (Lipinski definition) is 4. The lowest BCUT2D eigenvalue weighted by Gasteiger charge is -2.21. The fourth-order valence-electron chi connectivity index (χ4n) is 2.50. The van der Waals surface area contributed by atoms with E-state index in [1.807, 2.05) is 30.3 Å². The van der Waals surface area contributed by atoms with Gasteiger partial charge in [-0.05, 0) is 48.5 Å². The number of anilines is 1. The number of amides is 2. The molecule has 3 aromatic rings. The van der Waals surface area contributed by atoms with Crippen LogP contribution < -0.4 is 15.0 Å². The molecule has 6 heteroatoms. The number of nitrogens with zero attached hydrogens (tertiary/aromatic N) is 1. The van der Waals surface area contributed by atoms with Crippen LogP contribution in [0.5, 0.6) is 11.5 Å². The van der Waals surface area contributed by atoms with E-state index in [0.29, 0.717) is 17.2 Å². The molecule has 6 nitrogen and oxygen atoms in total. The van der Waals surface area contributed by atoms with Crippen LogP contribution in [0.15, 0.2) is 77.4 Å². The molecule has 2 amide bonds. The predicted octanol–water partition coefficient (Wildman–Crippen LogP) is 3.74. The largest absolute Gasteiger partial charge is 0.467 e. The standard InChI is InChI=1S/C21H20N2O4/c1-16(24)23(15-21(25)22-14-20-8-5-13-26-20)17-9-11-19(12-10-17)27-18-6-3-2-4-7-18/h2-13H,14-15H2,1H3,(H,22,25). The SMILES string of the molecule is CC(=O)N(CC(=O)NCc1ccco1)c1ccc(Oc2ccccc2)cc1. The summed E-state index contributed by atoms with van der Waals surface area (Å²) in [5, 5.41) is 2.73. The smallest absolute Gasteiger partial charge is 0.240 e. The van der Waals surface area contributed by atoms with E-state index in [0.717, 1.165) is 5.75 Å². The molecule has 0 saturated carbocycles. The average molecular weight is 364 g/mol. The van der Waals surface area contributed by atoms with Crippen molar-refractivity contribution in [1.82, 2.24) is 5.32 Å². The summed E-state index contributed by atoms with van der Waals surface area (Å²) in [6.07, 6.45) is 1.54. The van der Waals surface area contributed by atoms with Crippen molar-refractivity contribution in [1.29, 1.82) is 0 Å². The Balaban J connectivity index is 1.62. The summed E-state index contributed by atoms with van der Waals surface area (Å²) in [5.74, 6) is 1.54. The van der Waals surface area contributed by atoms with E-state index in [1.54, 1.807) is 42.7 Å². The quantitative estimate of drug-likeness (QED) is 0.693. The van der Waals surface area contributed by atoms with Crippen LogP contribution in [0.3, 0.4) is 0 Å². The predicted molar refractivity (Wildman–Crippen MR) is 102 cm³/mol. The zero-order chi connectivity index (χ0) is 19.1. The van der Waals surface area contributed by atoms with Crippen molar-refractivity contribution in [2.75, 3.05) is 11.4 Å². The Morgan fingerprint density at radius 1 is 0.963 bits per heavy atom. The fourth-order valence-corrected chi connectivity index (χ4v) is 2.50. The van der Waals surface area contributed by atoms with Crippen molar-refractivity contribution in [2.45, 2.75) is 13.5 Å². The molecule has 1 aromatic heterocycles. The molecule has 0 bridgehead atoms. The van der Waals surface area contributed by atoms with Gasteiger partial charge in [0.25, 0.3) is 0 Å². The van der Waals surface area contributed by atoms with E-state index in [9.17, 15) is 9.59 Å². The second kappa shape index (κ2) is 8.71. The van der Waals surface area contributed by atoms with Crippen LogP contribution in [-0.2, 0) is 16.1 Å². The number of ether oxygens (including phenoxy) is 1. The highest BCUT2D eigenvalue weighted by atomic mass is 16.5. The Labute approximate surface area is 157 Å². The summed E-state index contributed by atoms with van der Waals surface area (Å²) in [5.41, 5.74) is 0.621. The van der Waals surface area contributed by atoms with Gasteiger partial charge in [-0.3, -0.25) is 9.59 Å². The molecule has 0 unspecified atom stereocenters. The molecule has 0 fully saturated rings. The number of carbonyl (C=O) groups is 2. The maximum absolute atomic E-state index is 12.2. The number of rotatable bonds is 7. The van der Waals surface area contributed by atoms with E-state index in [-0.39, 0.29) is 24.9 Å². The maximum atomic E-state index is 12.2. The topological polar surface area (TPSA) is 71.8 Å². The first kappa shape index (κ1) is 18.3. The molecule has 0 aliphatic rings. The highest BCUT2D eigenvalue weighted by molar-refractivity contribution is 5.97. The Morgan fingerprint density at radius 2 is 1.67 bits per heavy atom. The summed E-state index contributed by atoms with van der Waals surface area (Å²) < 4.78 is 10.9. The molecule has 2 aromatic carbocycles. The first-order valence-corrected chi connectivity index (χ1v) is 8.52. The lowest BCUT2D eigenvalue weighted by Crippen LogP contribution is -2.39. The Hall–Kier alpha value is -3.54. The molecule has 1 heterocycles. The van der Waals surface area contributed by atoms with Gasteiger partial charge in [0.05, 0.1) is 12.8 Å². The van der Waals surface area contributed by atoms with Gasteiger partial charge in [0.1, 0.15) is 23.8 Å². The number of nitrogens with one attached hydrogen (secondary N) is 1. The highest BCUT2D eigenvalue weighted by Crippen LogP contribution is 2.24. The Morgan fingerprint density at radius 3 is 2.30 bits per heavy atom. The van der Waals surface area contributed by atoms with Crippen LogP contribution in [0.2, 0.25) is 0 Å². The third kappa shape index (κ3) is 5.22. The van der Waals surface area contributed by atoms with Crippen LogP contribution in [0.1, 0.15) is 12.7 Å². The molecule has 0 spiro atoms. The number of hydrogen-bond donors (Lipinski definition) is 1. The molecule has 27 heavy (non-hydrogen) atoms. The van der Waals surface area contributed by atoms with Crippen LogP contribution in [0.4, 0.5) is 5.69 Å². The van der Waals surface area contributed by atoms with Crippen molar-refractivity contribution in [3.05, 3.63) is 78.8 Å². The molecule has 0 aliphatic heterocycles. The summed E-state index contributed by atoms with van der Waals surface area (Å²) in [6.45, 7) is 1.63. The van der Waals surface area contributed by atoms with Crippen molar-refractivity contribution in [2.24, 2.45) is 0 Å². The molecule has 0 saturated heterocycles. The summed E-state index contributed by atoms with van der Waals surface area (Å²) >= 11 is 0. The fraction of sp³-hybridized carbons (Fsp3) is 0.143. The van der Waals surface area contributed by atoms with Crippen molar-refractivity contribution in [3.8, 4) is 11.5 Å². The molecular weight excluding hydrogens is 344 g/mol. The molecule has 0 aliphatic carbocycles. The highest BCUT2D eigenvalue weighted by Gasteiger charge is 2.16. The van der Waals surface area contributed by atoms with Gasteiger partial charge in [0, 0.05) is 12.6 Å². The summed E-state index contributed by atoms with van der Waals surface area (Å²) in [4.78, 5) is 25.6. The minimum absolute atomic E-state index is 0.0745. The number of carbonyl (C=O) groups excluding carboxylic acids is 2. The normalized spacial score (nSPS) is 10.3. The van der Waals surface area contributed by atoms with Crippen molar-refractivity contribution >= 4 is 17.5 Å². The van der Waals surface area contributed by atoms with Crippen LogP contribution in [0, 0.1) is 0 Å². The lowest BCUT2D eigenvalue weighted by atomic mass is 10.2. The minimum atomic E-state index is -0.272. The third-order valence-corrected chi connectivity index (χ3v) is 3.85. The van der Waals surface area contributed by atoms with E-state index in [1.165, 1.54) is 11.8 Å². The molecule has 0 radical (unpaired) electrons. The first-order valence-electron chi connectivity index (χ1n) is 8.52. The lowest BCUT2D eigenvalue weighted by molar-refractivity contribution is -0.123. The van der Waals surface area contributed by atoms with Gasteiger partial charge in [-0.2, -0.15) is 0 Å². The summed E-state index contributed by atoms with van der Waals surface area (Å²) in [6, 6.07) is 20.0. The second-order valence-electron chi connectivity index (χ2n) is 5.87. The van der Waals surface area contributed by atoms with E-state index >= 15 is 0 Å². The van der Waals surface area contributed by atoms with E-state index in [2.05, 4.69) is 5.32 Å². The molecule has 1 N–H and O–H groups in total. The zero-order valence-corrected chi connectivity index (χ0v) is 14.9. The van der Waals surface area contributed by atoms with E-state index < -0.39 is 0 Å². The maximum Gasteiger partial charge on any atom is 0.240 e. The van der Waals surface area contributed by atoms with Crippen LogP contribution >= 0.6 is 0 Å². The summed E-state index contributed by atoms with van der Waals surface area (Å²) in [7, 11) is 0. The first-order chi connectivity index (χ1) is 13.1. The van der Waals surface area contributed by atoms with Crippen LogP contribution in [0.25, 0.3) is 0 Å².